The topological polar surface area (TPSA) is 68.5 Å². The molecule has 130 valence electrons. The number of anilines is 1. The fraction of sp³-hybridized carbons (Fsp3) is 0.222. The van der Waals surface area contributed by atoms with E-state index in [0.29, 0.717) is 6.54 Å². The highest BCUT2D eigenvalue weighted by atomic mass is 35.5. The number of benzene rings is 1. The van der Waals surface area contributed by atoms with E-state index in [9.17, 15) is 0 Å². The molecule has 26 heavy (non-hydrogen) atoms. The molecule has 0 unspecified atom stereocenters. The number of rotatable bonds is 4. The number of halogens is 1. The van der Waals surface area contributed by atoms with Crippen LogP contribution in [0.3, 0.4) is 0 Å². The molecule has 4 heterocycles. The molecule has 6 nitrogen and oxygen atoms in total. The van der Waals surface area contributed by atoms with Gasteiger partial charge in [0.15, 0.2) is 5.82 Å². The van der Waals surface area contributed by atoms with Crippen molar-refractivity contribution in [1.29, 1.82) is 0 Å². The first kappa shape index (κ1) is 15.7. The largest absolute Gasteiger partial charge is 0.362 e. The summed E-state index contributed by atoms with van der Waals surface area (Å²) in [7, 11) is 0. The van der Waals surface area contributed by atoms with Gasteiger partial charge in [-0.2, -0.15) is 0 Å². The maximum atomic E-state index is 6.03. The van der Waals surface area contributed by atoms with Crippen LogP contribution in [-0.4, -0.2) is 24.7 Å². The van der Waals surface area contributed by atoms with Crippen LogP contribution in [-0.2, 0) is 19.5 Å². The predicted molar refractivity (Wildman–Crippen MR) is 104 cm³/mol. The summed E-state index contributed by atoms with van der Waals surface area (Å²) < 4.78 is 2.19. The van der Waals surface area contributed by atoms with Crippen molar-refractivity contribution in [2.75, 3.05) is 5.32 Å². The second-order valence-electron chi connectivity index (χ2n) is 6.20. The van der Waals surface area contributed by atoms with Crippen LogP contribution in [0.2, 0.25) is 5.02 Å². The first-order chi connectivity index (χ1) is 12.8. The molecule has 0 amide bonds. The Balaban J connectivity index is 1.51. The normalized spacial score (nSPS) is 13.3. The van der Waals surface area contributed by atoms with Gasteiger partial charge >= 0.3 is 0 Å². The molecule has 3 aromatic heterocycles. The molecule has 1 aliphatic rings. The Morgan fingerprint density at radius 1 is 1.15 bits per heavy atom. The Labute approximate surface area is 158 Å². The average molecular weight is 383 g/mol. The van der Waals surface area contributed by atoms with Gasteiger partial charge in [-0.05, 0) is 24.1 Å². The lowest BCUT2D eigenvalue weighted by Crippen LogP contribution is -2.08. The second-order valence-corrected chi connectivity index (χ2v) is 7.49. The molecule has 0 fully saturated rings. The van der Waals surface area contributed by atoms with E-state index in [1.807, 2.05) is 24.3 Å². The van der Waals surface area contributed by atoms with Gasteiger partial charge in [0, 0.05) is 28.9 Å². The van der Waals surface area contributed by atoms with Crippen molar-refractivity contribution in [1.82, 2.24) is 24.7 Å². The van der Waals surface area contributed by atoms with Crippen LogP contribution in [0.25, 0.3) is 21.3 Å². The van der Waals surface area contributed by atoms with Gasteiger partial charge in [0.1, 0.15) is 22.8 Å². The molecule has 0 saturated heterocycles. The fourth-order valence-corrected chi connectivity index (χ4v) is 4.40. The van der Waals surface area contributed by atoms with E-state index in [1.54, 1.807) is 17.7 Å². The third-order valence-corrected chi connectivity index (χ3v) is 5.76. The first-order valence-electron chi connectivity index (χ1n) is 8.42. The molecule has 0 saturated carbocycles. The van der Waals surface area contributed by atoms with Gasteiger partial charge in [0.25, 0.3) is 0 Å². The molecule has 1 aromatic carbocycles. The zero-order chi connectivity index (χ0) is 17.5. The Morgan fingerprint density at radius 3 is 2.92 bits per heavy atom. The highest BCUT2D eigenvalue weighted by molar-refractivity contribution is 7.17. The number of nitrogens with zero attached hydrogens (tertiary/aromatic N) is 5. The summed E-state index contributed by atoms with van der Waals surface area (Å²) in [6, 6.07) is 7.84. The monoisotopic (exact) mass is 382 g/mol. The van der Waals surface area contributed by atoms with Crippen LogP contribution < -0.4 is 5.32 Å². The Morgan fingerprint density at radius 2 is 2.04 bits per heavy atom. The van der Waals surface area contributed by atoms with Crippen molar-refractivity contribution in [2.45, 2.75) is 25.9 Å². The fourth-order valence-electron chi connectivity index (χ4n) is 3.36. The second kappa shape index (κ2) is 6.34. The van der Waals surface area contributed by atoms with E-state index < -0.39 is 0 Å². The molecule has 0 atom stereocenters. The zero-order valence-electron chi connectivity index (χ0n) is 13.8. The lowest BCUT2D eigenvalue weighted by Gasteiger charge is -2.09. The highest BCUT2D eigenvalue weighted by Crippen LogP contribution is 2.36. The Kier molecular flexibility index (Phi) is 3.83. The van der Waals surface area contributed by atoms with Crippen LogP contribution in [0.5, 0.6) is 0 Å². The Hall–Kier alpha value is -2.51. The molecule has 0 bridgehead atoms. The van der Waals surface area contributed by atoms with Crippen LogP contribution in [0.1, 0.15) is 18.1 Å². The molecule has 1 N–H and O–H groups in total. The standard InChI is InChI=1S/C18H15ClN6S/c19-12-5-3-11(4-6-12)13-9-26-18-16(13)17(21-10-22-18)20-8-15-24-23-14-2-1-7-25(14)15/h3-6,9-10H,1-2,7-8H2,(H,20,21,22). The SMILES string of the molecule is Clc1ccc(-c2csc3ncnc(NCc4nnc5n4CCC5)c23)cc1. The smallest absolute Gasteiger partial charge is 0.152 e. The molecular weight excluding hydrogens is 368 g/mol. The highest BCUT2D eigenvalue weighted by Gasteiger charge is 2.18. The molecule has 1 aliphatic heterocycles. The summed E-state index contributed by atoms with van der Waals surface area (Å²) in [6.45, 7) is 1.59. The van der Waals surface area contributed by atoms with E-state index in [4.69, 9.17) is 11.6 Å². The van der Waals surface area contributed by atoms with E-state index in [2.05, 4.69) is 35.4 Å². The summed E-state index contributed by atoms with van der Waals surface area (Å²) >= 11 is 7.64. The van der Waals surface area contributed by atoms with E-state index >= 15 is 0 Å². The minimum atomic E-state index is 0.592. The van der Waals surface area contributed by atoms with E-state index in [-0.39, 0.29) is 0 Å². The summed E-state index contributed by atoms with van der Waals surface area (Å²) in [5.41, 5.74) is 2.21. The van der Waals surface area contributed by atoms with Crippen LogP contribution >= 0.6 is 22.9 Å². The summed E-state index contributed by atoms with van der Waals surface area (Å²) in [4.78, 5) is 9.85. The van der Waals surface area contributed by atoms with Gasteiger partial charge in [0.05, 0.1) is 11.9 Å². The maximum absolute atomic E-state index is 6.03. The minimum Gasteiger partial charge on any atom is -0.362 e. The molecule has 0 spiro atoms. The average Bonchev–Trinajstić information content (AvgIpc) is 3.37. The predicted octanol–water partition coefficient (Wildman–Crippen LogP) is 4.16. The summed E-state index contributed by atoms with van der Waals surface area (Å²) in [5, 5.41) is 15.9. The van der Waals surface area contributed by atoms with Crippen molar-refractivity contribution < 1.29 is 0 Å². The summed E-state index contributed by atoms with van der Waals surface area (Å²) in [5.74, 6) is 2.84. The van der Waals surface area contributed by atoms with Crippen LogP contribution in [0, 0.1) is 0 Å². The Bertz CT molecular complexity index is 1080. The lowest BCUT2D eigenvalue weighted by atomic mass is 10.1. The lowest BCUT2D eigenvalue weighted by molar-refractivity contribution is 0.695. The van der Waals surface area contributed by atoms with Gasteiger partial charge in [0.2, 0.25) is 0 Å². The number of aryl methyl sites for hydroxylation is 1. The number of nitrogens with one attached hydrogen (secondary N) is 1. The van der Waals surface area contributed by atoms with Gasteiger partial charge in [-0.1, -0.05) is 23.7 Å². The number of fused-ring (bicyclic) bond motifs is 2. The first-order valence-corrected chi connectivity index (χ1v) is 9.68. The quantitative estimate of drug-likeness (QED) is 0.574. The molecule has 0 radical (unpaired) electrons. The third kappa shape index (κ3) is 2.64. The molecule has 5 rings (SSSR count). The number of hydrogen-bond acceptors (Lipinski definition) is 6. The van der Waals surface area contributed by atoms with Gasteiger partial charge in [-0.15, -0.1) is 21.5 Å². The van der Waals surface area contributed by atoms with Crippen molar-refractivity contribution >= 4 is 39.0 Å². The van der Waals surface area contributed by atoms with Crippen molar-refractivity contribution in [3.63, 3.8) is 0 Å². The van der Waals surface area contributed by atoms with E-state index in [0.717, 1.165) is 63.2 Å². The zero-order valence-corrected chi connectivity index (χ0v) is 15.4. The molecule has 8 heteroatoms. The molecule has 0 aliphatic carbocycles. The van der Waals surface area contributed by atoms with Gasteiger partial charge in [-0.3, -0.25) is 0 Å². The van der Waals surface area contributed by atoms with Crippen LogP contribution in [0.15, 0.2) is 36.0 Å². The maximum Gasteiger partial charge on any atom is 0.152 e. The molecular formula is C18H15ClN6S. The number of aromatic nitrogens is 5. The van der Waals surface area contributed by atoms with E-state index in [1.165, 1.54) is 0 Å². The van der Waals surface area contributed by atoms with Crippen molar-refractivity contribution in [3.05, 3.63) is 52.6 Å². The number of hydrogen-bond donors (Lipinski definition) is 1. The van der Waals surface area contributed by atoms with Crippen molar-refractivity contribution in [2.24, 2.45) is 0 Å². The van der Waals surface area contributed by atoms with Crippen molar-refractivity contribution in [3.8, 4) is 11.1 Å². The van der Waals surface area contributed by atoms with Gasteiger partial charge in [-0.25, -0.2) is 9.97 Å². The van der Waals surface area contributed by atoms with Crippen LogP contribution in [0.4, 0.5) is 5.82 Å². The molecule has 4 aromatic rings. The third-order valence-electron chi connectivity index (χ3n) is 4.63. The number of thiophene rings is 1. The van der Waals surface area contributed by atoms with Gasteiger partial charge < -0.3 is 9.88 Å². The summed E-state index contributed by atoms with van der Waals surface area (Å²) in [6.07, 6.45) is 3.75. The minimum absolute atomic E-state index is 0.592.